The predicted octanol–water partition coefficient (Wildman–Crippen LogP) is 0.754. The van der Waals surface area contributed by atoms with Crippen molar-refractivity contribution >= 4 is 17.3 Å². The summed E-state index contributed by atoms with van der Waals surface area (Å²) in [6.07, 6.45) is 0. The summed E-state index contributed by atoms with van der Waals surface area (Å²) in [7, 11) is 4.16. The molecule has 0 aliphatic carbocycles. The lowest BCUT2D eigenvalue weighted by atomic mass is 10.1. The fraction of sp³-hybridized carbons (Fsp3) is 0.500. The molecule has 2 rings (SSSR count). The SMILES string of the molecule is CC1CN(c2cc(N)ccc2C(N)=O)CC1N(C)C. The Morgan fingerprint density at radius 1 is 1.37 bits per heavy atom. The van der Waals surface area contributed by atoms with E-state index in [0.717, 1.165) is 18.8 Å². The van der Waals surface area contributed by atoms with Gasteiger partial charge in [0, 0.05) is 24.8 Å². The number of primary amides is 1. The number of nitrogens with zero attached hydrogens (tertiary/aromatic N) is 2. The zero-order valence-electron chi connectivity index (χ0n) is 11.8. The van der Waals surface area contributed by atoms with Crippen molar-refractivity contribution in [2.24, 2.45) is 11.7 Å². The Kier molecular flexibility index (Phi) is 3.66. The second-order valence-corrected chi connectivity index (χ2v) is 5.55. The summed E-state index contributed by atoms with van der Waals surface area (Å²) in [6.45, 7) is 4.02. The lowest BCUT2D eigenvalue weighted by Crippen LogP contribution is -2.34. The summed E-state index contributed by atoms with van der Waals surface area (Å²) < 4.78 is 0. The van der Waals surface area contributed by atoms with E-state index in [1.165, 1.54) is 0 Å². The summed E-state index contributed by atoms with van der Waals surface area (Å²) >= 11 is 0. The Morgan fingerprint density at radius 2 is 2.05 bits per heavy atom. The number of rotatable bonds is 3. The molecule has 1 fully saturated rings. The van der Waals surface area contributed by atoms with Crippen LogP contribution >= 0.6 is 0 Å². The maximum atomic E-state index is 11.5. The van der Waals surface area contributed by atoms with Crippen molar-refractivity contribution in [1.82, 2.24) is 4.90 Å². The van der Waals surface area contributed by atoms with Gasteiger partial charge >= 0.3 is 0 Å². The van der Waals surface area contributed by atoms with Gasteiger partial charge in [-0.15, -0.1) is 0 Å². The van der Waals surface area contributed by atoms with Crippen LogP contribution in [0.3, 0.4) is 0 Å². The predicted molar refractivity (Wildman–Crippen MR) is 78.2 cm³/mol. The van der Waals surface area contributed by atoms with Gasteiger partial charge in [-0.1, -0.05) is 6.92 Å². The fourth-order valence-electron chi connectivity index (χ4n) is 2.84. The first kappa shape index (κ1) is 13.7. The third-order valence-electron chi connectivity index (χ3n) is 3.86. The fourth-order valence-corrected chi connectivity index (χ4v) is 2.84. The first-order chi connectivity index (χ1) is 8.90. The van der Waals surface area contributed by atoms with E-state index in [-0.39, 0.29) is 0 Å². The lowest BCUT2D eigenvalue weighted by molar-refractivity contribution is 0.100. The van der Waals surface area contributed by atoms with Crippen LogP contribution in [0.15, 0.2) is 18.2 Å². The average Bonchev–Trinajstić information content (AvgIpc) is 2.70. The third kappa shape index (κ3) is 2.66. The molecule has 0 spiro atoms. The maximum Gasteiger partial charge on any atom is 0.250 e. The van der Waals surface area contributed by atoms with E-state index in [9.17, 15) is 4.79 Å². The molecule has 0 saturated carbocycles. The van der Waals surface area contributed by atoms with Gasteiger partial charge in [0.1, 0.15) is 0 Å². The van der Waals surface area contributed by atoms with Crippen LogP contribution in [0.5, 0.6) is 0 Å². The number of carbonyl (C=O) groups excluding carboxylic acids is 1. The Labute approximate surface area is 114 Å². The Bertz CT molecular complexity index is 486. The van der Waals surface area contributed by atoms with Gasteiger partial charge in [0.2, 0.25) is 0 Å². The highest BCUT2D eigenvalue weighted by atomic mass is 16.1. The molecule has 1 aliphatic rings. The van der Waals surface area contributed by atoms with Gasteiger partial charge in [-0.3, -0.25) is 4.79 Å². The number of likely N-dealkylation sites (N-methyl/N-ethyl adjacent to an activating group) is 1. The number of hydrogen-bond acceptors (Lipinski definition) is 4. The van der Waals surface area contributed by atoms with Crippen molar-refractivity contribution in [3.05, 3.63) is 23.8 Å². The van der Waals surface area contributed by atoms with E-state index >= 15 is 0 Å². The molecule has 1 aromatic carbocycles. The molecule has 1 aliphatic heterocycles. The zero-order valence-corrected chi connectivity index (χ0v) is 11.8. The van der Waals surface area contributed by atoms with Gasteiger partial charge < -0.3 is 21.3 Å². The molecule has 1 saturated heterocycles. The van der Waals surface area contributed by atoms with Crippen molar-refractivity contribution < 1.29 is 4.79 Å². The van der Waals surface area contributed by atoms with E-state index < -0.39 is 5.91 Å². The van der Waals surface area contributed by atoms with Crippen LogP contribution in [0, 0.1) is 5.92 Å². The molecule has 0 bridgehead atoms. The molecule has 5 heteroatoms. The highest BCUT2D eigenvalue weighted by molar-refractivity contribution is 5.99. The molecule has 2 unspecified atom stereocenters. The molecule has 1 amide bonds. The van der Waals surface area contributed by atoms with Gasteiger partial charge in [-0.05, 0) is 38.2 Å². The quantitative estimate of drug-likeness (QED) is 0.788. The van der Waals surface area contributed by atoms with E-state index in [2.05, 4.69) is 30.8 Å². The average molecular weight is 262 g/mol. The van der Waals surface area contributed by atoms with Gasteiger partial charge in [0.25, 0.3) is 5.91 Å². The van der Waals surface area contributed by atoms with Crippen molar-refractivity contribution in [2.75, 3.05) is 37.8 Å². The van der Waals surface area contributed by atoms with Crippen LogP contribution < -0.4 is 16.4 Å². The molecule has 1 aromatic rings. The Morgan fingerprint density at radius 3 is 2.58 bits per heavy atom. The summed E-state index contributed by atoms with van der Waals surface area (Å²) in [4.78, 5) is 16.0. The molecular weight excluding hydrogens is 240 g/mol. The molecule has 4 N–H and O–H groups in total. The second-order valence-electron chi connectivity index (χ2n) is 5.55. The number of benzene rings is 1. The molecule has 0 radical (unpaired) electrons. The Balaban J connectivity index is 2.33. The molecule has 19 heavy (non-hydrogen) atoms. The van der Waals surface area contributed by atoms with E-state index in [4.69, 9.17) is 11.5 Å². The monoisotopic (exact) mass is 262 g/mol. The highest BCUT2D eigenvalue weighted by Gasteiger charge is 2.32. The van der Waals surface area contributed by atoms with Crippen molar-refractivity contribution in [1.29, 1.82) is 0 Å². The summed E-state index contributed by atoms with van der Waals surface area (Å²) in [5.74, 6) is 0.133. The van der Waals surface area contributed by atoms with E-state index in [1.807, 2.05) is 6.07 Å². The van der Waals surface area contributed by atoms with Crippen LogP contribution in [-0.2, 0) is 0 Å². The molecule has 104 valence electrons. The molecule has 5 nitrogen and oxygen atoms in total. The minimum atomic E-state index is -0.407. The standard InChI is InChI=1S/C14H22N4O/c1-9-7-18(8-13(9)17(2)3)12-6-10(15)4-5-11(12)14(16)19/h4-6,9,13H,7-8,15H2,1-3H3,(H2,16,19). The summed E-state index contributed by atoms with van der Waals surface area (Å²) in [5.41, 5.74) is 13.3. The lowest BCUT2D eigenvalue weighted by Gasteiger charge is -2.24. The van der Waals surface area contributed by atoms with Crippen LogP contribution in [0.2, 0.25) is 0 Å². The topological polar surface area (TPSA) is 75.6 Å². The first-order valence-electron chi connectivity index (χ1n) is 6.51. The van der Waals surface area contributed by atoms with Crippen molar-refractivity contribution in [3.8, 4) is 0 Å². The molecule has 1 heterocycles. The van der Waals surface area contributed by atoms with Gasteiger partial charge in [0.05, 0.1) is 11.3 Å². The third-order valence-corrected chi connectivity index (χ3v) is 3.86. The van der Waals surface area contributed by atoms with Gasteiger partial charge in [-0.25, -0.2) is 0 Å². The summed E-state index contributed by atoms with van der Waals surface area (Å²) in [5, 5.41) is 0. The Hall–Kier alpha value is -1.75. The maximum absolute atomic E-state index is 11.5. The number of nitrogens with two attached hydrogens (primary N) is 2. The van der Waals surface area contributed by atoms with Crippen LogP contribution in [0.25, 0.3) is 0 Å². The normalized spacial score (nSPS) is 23.1. The van der Waals surface area contributed by atoms with Crippen LogP contribution in [0.1, 0.15) is 17.3 Å². The van der Waals surface area contributed by atoms with E-state index in [0.29, 0.717) is 23.2 Å². The first-order valence-corrected chi connectivity index (χ1v) is 6.51. The highest BCUT2D eigenvalue weighted by Crippen LogP contribution is 2.30. The smallest absolute Gasteiger partial charge is 0.250 e. The molecule has 2 atom stereocenters. The second kappa shape index (κ2) is 5.09. The van der Waals surface area contributed by atoms with Crippen LogP contribution in [0.4, 0.5) is 11.4 Å². The van der Waals surface area contributed by atoms with Gasteiger partial charge in [-0.2, -0.15) is 0 Å². The van der Waals surface area contributed by atoms with E-state index in [1.54, 1.807) is 12.1 Å². The van der Waals surface area contributed by atoms with Gasteiger partial charge in [0.15, 0.2) is 0 Å². The number of hydrogen-bond donors (Lipinski definition) is 2. The van der Waals surface area contributed by atoms with Crippen LogP contribution in [-0.4, -0.2) is 44.0 Å². The largest absolute Gasteiger partial charge is 0.399 e. The summed E-state index contributed by atoms with van der Waals surface area (Å²) in [6, 6.07) is 5.74. The minimum absolute atomic E-state index is 0.407. The number of carbonyl (C=O) groups is 1. The molecule has 0 aromatic heterocycles. The van der Waals surface area contributed by atoms with Crippen molar-refractivity contribution in [2.45, 2.75) is 13.0 Å². The number of nitrogen functional groups attached to an aromatic ring is 1. The minimum Gasteiger partial charge on any atom is -0.399 e. The number of anilines is 2. The number of amides is 1. The molecular formula is C14H22N4O. The van der Waals surface area contributed by atoms with Crippen molar-refractivity contribution in [3.63, 3.8) is 0 Å². The zero-order chi connectivity index (χ0) is 14.2.